The lowest BCUT2D eigenvalue weighted by Crippen LogP contribution is -2.31. The fourth-order valence-electron chi connectivity index (χ4n) is 3.33. The predicted octanol–water partition coefficient (Wildman–Crippen LogP) is 3.64. The Kier molecular flexibility index (Phi) is 9.67. The van der Waals surface area contributed by atoms with Gasteiger partial charge in [-0.3, -0.25) is 9.59 Å². The first-order valence-electron chi connectivity index (χ1n) is 9.66. The Morgan fingerprint density at radius 2 is 1.74 bits per heavy atom. The first-order chi connectivity index (χ1) is 12.7. The number of carbonyl (C=O) groups excluding carboxylic acids is 2. The van der Waals surface area contributed by atoms with Crippen LogP contribution >= 0.6 is 0 Å². The fraction of sp³-hybridized carbons (Fsp3) is 0.636. The lowest BCUT2D eigenvalue weighted by Gasteiger charge is -2.23. The molecule has 0 bridgehead atoms. The number of rotatable bonds is 11. The summed E-state index contributed by atoms with van der Waals surface area (Å²) in [6.07, 6.45) is 1.05. The smallest absolute Gasteiger partial charge is 0.320 e. The zero-order valence-electron chi connectivity index (χ0n) is 17.5. The van der Waals surface area contributed by atoms with Crippen LogP contribution in [0.15, 0.2) is 12.1 Å². The van der Waals surface area contributed by atoms with Crippen LogP contribution in [0.1, 0.15) is 61.3 Å². The minimum atomic E-state index is -1.02. The normalized spacial score (nSPS) is 14.5. The molecule has 1 aromatic rings. The van der Waals surface area contributed by atoms with E-state index in [1.807, 2.05) is 39.8 Å². The molecule has 1 rings (SSSR count). The average Bonchev–Trinajstić information content (AvgIpc) is 2.60. The van der Waals surface area contributed by atoms with Gasteiger partial charge in [-0.15, -0.1) is 0 Å². The second kappa shape index (κ2) is 11.2. The number of esters is 1. The highest BCUT2D eigenvalue weighted by Crippen LogP contribution is 2.29. The topological polar surface area (TPSA) is 72.8 Å². The molecule has 5 heteroatoms. The van der Waals surface area contributed by atoms with E-state index in [1.165, 1.54) is 7.11 Å². The van der Waals surface area contributed by atoms with Crippen molar-refractivity contribution in [3.8, 4) is 0 Å². The van der Waals surface area contributed by atoms with Gasteiger partial charge in [-0.2, -0.15) is 0 Å². The number of hydrogen-bond donors (Lipinski definition) is 1. The third-order valence-corrected chi connectivity index (χ3v) is 4.88. The summed E-state index contributed by atoms with van der Waals surface area (Å²) in [5.41, 5.74) is 3.50. The van der Waals surface area contributed by atoms with E-state index in [0.29, 0.717) is 18.8 Å². The number of aliphatic hydroxyl groups is 1. The van der Waals surface area contributed by atoms with Crippen molar-refractivity contribution in [1.29, 1.82) is 0 Å². The minimum absolute atomic E-state index is 0.106. The molecular formula is C22H34O5. The molecule has 0 spiro atoms. The van der Waals surface area contributed by atoms with Crippen molar-refractivity contribution in [2.24, 2.45) is 5.92 Å². The SMILES string of the molecule is CCCCOCC(C)C(O)CC(=O)C(C(=O)OC)c1c(C)cc(C)cc1C. The van der Waals surface area contributed by atoms with Crippen LogP contribution in [0, 0.1) is 26.7 Å². The summed E-state index contributed by atoms with van der Waals surface area (Å²) in [6.45, 7) is 10.7. The Morgan fingerprint density at radius 1 is 1.15 bits per heavy atom. The van der Waals surface area contributed by atoms with Crippen LogP contribution < -0.4 is 0 Å². The van der Waals surface area contributed by atoms with Gasteiger partial charge in [0.2, 0.25) is 0 Å². The molecule has 0 saturated heterocycles. The van der Waals surface area contributed by atoms with E-state index in [0.717, 1.165) is 29.5 Å². The molecule has 0 aromatic heterocycles. The Bertz CT molecular complexity index is 615. The first kappa shape index (κ1) is 23.3. The lowest BCUT2D eigenvalue weighted by molar-refractivity contribution is -0.146. The molecule has 0 radical (unpaired) electrons. The molecule has 152 valence electrons. The Morgan fingerprint density at radius 3 is 2.26 bits per heavy atom. The standard InChI is InChI=1S/C22H34O5/c1-7-8-9-27-13-17(5)18(23)12-19(24)21(22(25)26-6)20-15(3)10-14(2)11-16(20)4/h10-11,17-18,21,23H,7-9,12-13H2,1-6H3. The number of unbranched alkanes of at least 4 members (excludes halogenated alkanes) is 1. The highest BCUT2D eigenvalue weighted by Gasteiger charge is 2.34. The Hall–Kier alpha value is -1.72. The van der Waals surface area contributed by atoms with Gasteiger partial charge in [0.15, 0.2) is 5.78 Å². The van der Waals surface area contributed by atoms with E-state index in [4.69, 9.17) is 9.47 Å². The summed E-state index contributed by atoms with van der Waals surface area (Å²) in [5.74, 6) is -2.12. The van der Waals surface area contributed by atoms with Gasteiger partial charge >= 0.3 is 5.97 Å². The largest absolute Gasteiger partial charge is 0.468 e. The number of methoxy groups -OCH3 is 1. The Labute approximate surface area is 163 Å². The molecular weight excluding hydrogens is 344 g/mol. The molecule has 0 aliphatic rings. The van der Waals surface area contributed by atoms with Crippen LogP contribution in [0.4, 0.5) is 0 Å². The van der Waals surface area contributed by atoms with E-state index in [1.54, 1.807) is 0 Å². The molecule has 0 aliphatic carbocycles. The number of ether oxygens (including phenoxy) is 2. The number of hydrogen-bond acceptors (Lipinski definition) is 5. The van der Waals surface area contributed by atoms with Crippen molar-refractivity contribution in [3.63, 3.8) is 0 Å². The monoisotopic (exact) mass is 378 g/mol. The van der Waals surface area contributed by atoms with Gasteiger partial charge in [0.25, 0.3) is 0 Å². The molecule has 5 nitrogen and oxygen atoms in total. The number of aryl methyl sites for hydroxylation is 3. The zero-order chi connectivity index (χ0) is 20.6. The maximum atomic E-state index is 12.9. The van der Waals surface area contributed by atoms with Crippen molar-refractivity contribution >= 4 is 11.8 Å². The zero-order valence-corrected chi connectivity index (χ0v) is 17.5. The van der Waals surface area contributed by atoms with Crippen molar-refractivity contribution < 1.29 is 24.2 Å². The van der Waals surface area contributed by atoms with Crippen molar-refractivity contribution in [1.82, 2.24) is 0 Å². The van der Waals surface area contributed by atoms with E-state index >= 15 is 0 Å². The van der Waals surface area contributed by atoms with Gasteiger partial charge in [0.1, 0.15) is 5.92 Å². The quantitative estimate of drug-likeness (QED) is 0.361. The predicted molar refractivity (Wildman–Crippen MR) is 106 cm³/mol. The molecule has 1 N–H and O–H groups in total. The van der Waals surface area contributed by atoms with E-state index in [9.17, 15) is 14.7 Å². The van der Waals surface area contributed by atoms with Crippen LogP contribution in [0.2, 0.25) is 0 Å². The third-order valence-electron chi connectivity index (χ3n) is 4.88. The van der Waals surface area contributed by atoms with Gasteiger partial charge in [0, 0.05) is 18.9 Å². The molecule has 0 saturated carbocycles. The summed E-state index contributed by atoms with van der Waals surface area (Å²) in [4.78, 5) is 25.3. The van der Waals surface area contributed by atoms with Crippen LogP contribution in [0.5, 0.6) is 0 Å². The molecule has 3 atom stereocenters. The van der Waals surface area contributed by atoms with E-state index in [-0.39, 0.29) is 18.1 Å². The molecule has 1 aromatic carbocycles. The molecule has 0 fully saturated rings. The van der Waals surface area contributed by atoms with Crippen LogP contribution in [0.3, 0.4) is 0 Å². The van der Waals surface area contributed by atoms with Crippen molar-refractivity contribution in [2.45, 2.75) is 65.9 Å². The number of ketones is 1. The second-order valence-corrected chi connectivity index (χ2v) is 7.41. The van der Waals surface area contributed by atoms with Gasteiger partial charge in [-0.05, 0) is 43.9 Å². The van der Waals surface area contributed by atoms with Crippen LogP contribution in [-0.4, -0.2) is 43.3 Å². The molecule has 27 heavy (non-hydrogen) atoms. The van der Waals surface area contributed by atoms with E-state index in [2.05, 4.69) is 6.92 Å². The molecule has 0 amide bonds. The highest BCUT2D eigenvalue weighted by molar-refractivity contribution is 6.05. The van der Waals surface area contributed by atoms with Crippen molar-refractivity contribution in [3.05, 3.63) is 34.4 Å². The number of aliphatic hydroxyl groups excluding tert-OH is 1. The van der Waals surface area contributed by atoms with Crippen LogP contribution in [0.25, 0.3) is 0 Å². The molecule has 0 aliphatic heterocycles. The second-order valence-electron chi connectivity index (χ2n) is 7.41. The maximum absolute atomic E-state index is 12.9. The van der Waals surface area contributed by atoms with Crippen molar-refractivity contribution in [2.75, 3.05) is 20.3 Å². The minimum Gasteiger partial charge on any atom is -0.468 e. The third kappa shape index (κ3) is 6.74. The first-order valence-corrected chi connectivity index (χ1v) is 9.66. The summed E-state index contributed by atoms with van der Waals surface area (Å²) in [7, 11) is 1.28. The number of benzene rings is 1. The average molecular weight is 379 g/mol. The Balaban J connectivity index is 2.93. The fourth-order valence-corrected chi connectivity index (χ4v) is 3.33. The lowest BCUT2D eigenvalue weighted by atomic mass is 9.84. The summed E-state index contributed by atoms with van der Waals surface area (Å²) in [5, 5.41) is 10.4. The van der Waals surface area contributed by atoms with Gasteiger partial charge < -0.3 is 14.6 Å². The summed E-state index contributed by atoms with van der Waals surface area (Å²) < 4.78 is 10.4. The summed E-state index contributed by atoms with van der Waals surface area (Å²) in [6, 6.07) is 3.90. The maximum Gasteiger partial charge on any atom is 0.320 e. The number of Topliss-reactive ketones (excluding diaryl/α,β-unsaturated/α-hetero) is 1. The van der Waals surface area contributed by atoms with Gasteiger partial charge in [-0.1, -0.05) is 38.0 Å². The van der Waals surface area contributed by atoms with E-state index < -0.39 is 18.0 Å². The molecule has 3 unspecified atom stereocenters. The van der Waals surface area contributed by atoms with Crippen LogP contribution in [-0.2, 0) is 19.1 Å². The number of carbonyl (C=O) groups is 2. The molecule has 0 heterocycles. The van der Waals surface area contributed by atoms with Gasteiger partial charge in [-0.25, -0.2) is 0 Å². The van der Waals surface area contributed by atoms with Gasteiger partial charge in [0.05, 0.1) is 19.8 Å². The highest BCUT2D eigenvalue weighted by atomic mass is 16.5. The summed E-state index contributed by atoms with van der Waals surface area (Å²) >= 11 is 0.